The van der Waals surface area contributed by atoms with E-state index in [0.717, 1.165) is 0 Å². The standard InChI is InChI=1S/C9H18F3NO/c1-3-14-7-8(13-2)5-4-6-9(10,11)12/h8,13H,3-7H2,1-2H3. The molecule has 0 saturated carbocycles. The summed E-state index contributed by atoms with van der Waals surface area (Å²) in [5.74, 6) is 0. The van der Waals surface area contributed by atoms with E-state index in [1.807, 2.05) is 6.92 Å². The number of halogens is 3. The predicted octanol–water partition coefficient (Wildman–Crippen LogP) is 2.34. The Kier molecular flexibility index (Phi) is 6.92. The summed E-state index contributed by atoms with van der Waals surface area (Å²) in [6.07, 6.45) is -4.10. The quantitative estimate of drug-likeness (QED) is 0.701. The monoisotopic (exact) mass is 213 g/mol. The van der Waals surface area contributed by atoms with Crippen LogP contribution in [-0.4, -0.2) is 32.5 Å². The fraction of sp³-hybridized carbons (Fsp3) is 1.00. The summed E-state index contributed by atoms with van der Waals surface area (Å²) in [5, 5.41) is 2.93. The zero-order chi connectivity index (χ0) is 11.0. The van der Waals surface area contributed by atoms with E-state index in [-0.39, 0.29) is 12.5 Å². The second kappa shape index (κ2) is 7.06. The Hall–Kier alpha value is -0.290. The van der Waals surface area contributed by atoms with Crippen LogP contribution in [-0.2, 0) is 4.74 Å². The van der Waals surface area contributed by atoms with Crippen molar-refractivity contribution in [1.82, 2.24) is 5.32 Å². The number of hydrogen-bond acceptors (Lipinski definition) is 2. The SMILES string of the molecule is CCOCC(CCCC(F)(F)F)NC. The van der Waals surface area contributed by atoms with Gasteiger partial charge in [-0.05, 0) is 26.8 Å². The van der Waals surface area contributed by atoms with Crippen LogP contribution in [0, 0.1) is 0 Å². The predicted molar refractivity (Wildman–Crippen MR) is 49.2 cm³/mol. The summed E-state index contributed by atoms with van der Waals surface area (Å²) in [7, 11) is 1.73. The summed E-state index contributed by atoms with van der Waals surface area (Å²) in [6.45, 7) is 2.94. The molecule has 0 amide bonds. The van der Waals surface area contributed by atoms with Crippen LogP contribution in [0.25, 0.3) is 0 Å². The summed E-state index contributed by atoms with van der Waals surface area (Å²) in [6, 6.07) is 0.0253. The molecule has 0 fully saturated rings. The van der Waals surface area contributed by atoms with Crippen LogP contribution in [0.4, 0.5) is 13.2 Å². The first-order valence-electron chi connectivity index (χ1n) is 4.81. The van der Waals surface area contributed by atoms with Gasteiger partial charge in [-0.15, -0.1) is 0 Å². The molecule has 0 saturated heterocycles. The maximum absolute atomic E-state index is 11.8. The van der Waals surface area contributed by atoms with Crippen molar-refractivity contribution in [2.75, 3.05) is 20.3 Å². The molecule has 0 spiro atoms. The Morgan fingerprint density at radius 2 is 2.00 bits per heavy atom. The van der Waals surface area contributed by atoms with Crippen molar-refractivity contribution in [1.29, 1.82) is 0 Å². The first-order valence-corrected chi connectivity index (χ1v) is 4.81. The van der Waals surface area contributed by atoms with Gasteiger partial charge in [0.2, 0.25) is 0 Å². The van der Waals surface area contributed by atoms with Gasteiger partial charge in [0.05, 0.1) is 6.61 Å². The van der Waals surface area contributed by atoms with E-state index in [1.165, 1.54) is 0 Å². The van der Waals surface area contributed by atoms with E-state index in [2.05, 4.69) is 5.32 Å². The van der Waals surface area contributed by atoms with Crippen molar-refractivity contribution >= 4 is 0 Å². The second-order valence-electron chi connectivity index (χ2n) is 3.15. The van der Waals surface area contributed by atoms with Crippen molar-refractivity contribution < 1.29 is 17.9 Å². The largest absolute Gasteiger partial charge is 0.389 e. The minimum absolute atomic E-state index is 0.0253. The molecular weight excluding hydrogens is 195 g/mol. The third-order valence-electron chi connectivity index (χ3n) is 1.94. The molecule has 0 aliphatic carbocycles. The lowest BCUT2D eigenvalue weighted by Crippen LogP contribution is -2.30. The van der Waals surface area contributed by atoms with Crippen molar-refractivity contribution in [3.63, 3.8) is 0 Å². The van der Waals surface area contributed by atoms with Gasteiger partial charge in [0.1, 0.15) is 0 Å². The highest BCUT2D eigenvalue weighted by Crippen LogP contribution is 2.22. The number of alkyl halides is 3. The van der Waals surface area contributed by atoms with Gasteiger partial charge in [0.15, 0.2) is 0 Å². The minimum atomic E-state index is -4.04. The number of ether oxygens (including phenoxy) is 1. The molecule has 0 aliphatic rings. The Morgan fingerprint density at radius 3 is 2.43 bits per heavy atom. The highest BCUT2D eigenvalue weighted by atomic mass is 19.4. The molecule has 5 heteroatoms. The average Bonchev–Trinajstić information content (AvgIpc) is 2.09. The fourth-order valence-corrected chi connectivity index (χ4v) is 1.12. The molecule has 1 unspecified atom stereocenters. The molecule has 0 aliphatic heterocycles. The van der Waals surface area contributed by atoms with Crippen LogP contribution in [0.2, 0.25) is 0 Å². The van der Waals surface area contributed by atoms with E-state index < -0.39 is 12.6 Å². The third kappa shape index (κ3) is 8.31. The Labute approximate surface area is 82.8 Å². The van der Waals surface area contributed by atoms with Gasteiger partial charge in [-0.25, -0.2) is 0 Å². The highest BCUT2D eigenvalue weighted by molar-refractivity contribution is 4.64. The van der Waals surface area contributed by atoms with Gasteiger partial charge in [-0.1, -0.05) is 0 Å². The molecule has 1 N–H and O–H groups in total. The molecule has 0 radical (unpaired) electrons. The number of likely N-dealkylation sites (N-methyl/N-ethyl adjacent to an activating group) is 1. The molecule has 0 aromatic heterocycles. The molecule has 0 bridgehead atoms. The van der Waals surface area contributed by atoms with Crippen molar-refractivity contribution in [3.05, 3.63) is 0 Å². The van der Waals surface area contributed by atoms with Gasteiger partial charge >= 0.3 is 6.18 Å². The Balaban J connectivity index is 3.52. The summed E-state index contributed by atoms with van der Waals surface area (Å²) in [4.78, 5) is 0. The van der Waals surface area contributed by atoms with E-state index >= 15 is 0 Å². The number of rotatable bonds is 7. The molecule has 0 heterocycles. The van der Waals surface area contributed by atoms with Crippen molar-refractivity contribution in [2.45, 2.75) is 38.4 Å². The van der Waals surface area contributed by atoms with Gasteiger partial charge < -0.3 is 10.1 Å². The molecule has 14 heavy (non-hydrogen) atoms. The van der Waals surface area contributed by atoms with Crippen LogP contribution < -0.4 is 5.32 Å². The molecular formula is C9H18F3NO. The molecule has 1 atom stereocenters. The van der Waals surface area contributed by atoms with Crippen LogP contribution in [0.3, 0.4) is 0 Å². The van der Waals surface area contributed by atoms with E-state index in [4.69, 9.17) is 4.74 Å². The lowest BCUT2D eigenvalue weighted by Gasteiger charge is -2.16. The maximum Gasteiger partial charge on any atom is 0.389 e. The molecule has 0 rings (SSSR count). The maximum atomic E-state index is 11.8. The lowest BCUT2D eigenvalue weighted by molar-refractivity contribution is -0.136. The molecule has 86 valence electrons. The average molecular weight is 213 g/mol. The van der Waals surface area contributed by atoms with E-state index in [1.54, 1.807) is 7.05 Å². The summed E-state index contributed by atoms with van der Waals surface area (Å²) < 4.78 is 40.6. The zero-order valence-corrected chi connectivity index (χ0v) is 8.66. The van der Waals surface area contributed by atoms with Gasteiger partial charge in [0, 0.05) is 19.1 Å². The van der Waals surface area contributed by atoms with Crippen LogP contribution in [0.1, 0.15) is 26.2 Å². The molecule has 0 aromatic carbocycles. The minimum Gasteiger partial charge on any atom is -0.380 e. The first-order chi connectivity index (χ1) is 6.49. The fourth-order valence-electron chi connectivity index (χ4n) is 1.12. The van der Waals surface area contributed by atoms with E-state index in [9.17, 15) is 13.2 Å². The normalized spacial score (nSPS) is 14.4. The lowest BCUT2D eigenvalue weighted by atomic mass is 10.1. The highest BCUT2D eigenvalue weighted by Gasteiger charge is 2.26. The van der Waals surface area contributed by atoms with Crippen LogP contribution in [0.15, 0.2) is 0 Å². The van der Waals surface area contributed by atoms with Crippen LogP contribution >= 0.6 is 0 Å². The van der Waals surface area contributed by atoms with Crippen molar-refractivity contribution in [2.24, 2.45) is 0 Å². The second-order valence-corrected chi connectivity index (χ2v) is 3.15. The zero-order valence-electron chi connectivity index (χ0n) is 8.66. The smallest absolute Gasteiger partial charge is 0.380 e. The molecule has 0 aromatic rings. The van der Waals surface area contributed by atoms with Crippen molar-refractivity contribution in [3.8, 4) is 0 Å². The summed E-state index contributed by atoms with van der Waals surface area (Å²) in [5.41, 5.74) is 0. The number of hydrogen-bond donors (Lipinski definition) is 1. The first kappa shape index (κ1) is 13.7. The Morgan fingerprint density at radius 1 is 1.36 bits per heavy atom. The summed E-state index contributed by atoms with van der Waals surface area (Å²) >= 11 is 0. The number of nitrogens with one attached hydrogen (secondary N) is 1. The van der Waals surface area contributed by atoms with Crippen LogP contribution in [0.5, 0.6) is 0 Å². The van der Waals surface area contributed by atoms with Gasteiger partial charge in [0.25, 0.3) is 0 Å². The van der Waals surface area contributed by atoms with Gasteiger partial charge in [-0.3, -0.25) is 0 Å². The Bertz CT molecular complexity index is 139. The molecule has 2 nitrogen and oxygen atoms in total. The van der Waals surface area contributed by atoms with Gasteiger partial charge in [-0.2, -0.15) is 13.2 Å². The van der Waals surface area contributed by atoms with E-state index in [0.29, 0.717) is 19.6 Å². The third-order valence-corrected chi connectivity index (χ3v) is 1.94. The topological polar surface area (TPSA) is 21.3 Å².